The number of nitrogens with one attached hydrogen (secondary N) is 2. The second-order valence-corrected chi connectivity index (χ2v) is 3.93. The Labute approximate surface area is 114 Å². The SMILES string of the molecule is CC(NC(=O)Nc1ccc(OCC(=O)O)cc1)C(N)=O. The first-order valence-electron chi connectivity index (χ1n) is 5.70. The molecule has 8 heteroatoms. The summed E-state index contributed by atoms with van der Waals surface area (Å²) in [5.41, 5.74) is 5.47. The van der Waals surface area contributed by atoms with Crippen molar-refractivity contribution in [2.75, 3.05) is 11.9 Å². The van der Waals surface area contributed by atoms with Gasteiger partial charge < -0.3 is 26.2 Å². The van der Waals surface area contributed by atoms with Gasteiger partial charge in [0, 0.05) is 5.69 Å². The number of hydrogen-bond acceptors (Lipinski definition) is 4. The fourth-order valence-electron chi connectivity index (χ4n) is 1.21. The molecule has 0 bridgehead atoms. The lowest BCUT2D eigenvalue weighted by Gasteiger charge is -2.11. The Morgan fingerprint density at radius 1 is 1.30 bits per heavy atom. The van der Waals surface area contributed by atoms with Gasteiger partial charge in [-0.15, -0.1) is 0 Å². The first-order valence-corrected chi connectivity index (χ1v) is 5.70. The molecule has 0 aliphatic rings. The first kappa shape index (κ1) is 15.3. The zero-order valence-corrected chi connectivity index (χ0v) is 10.8. The van der Waals surface area contributed by atoms with Crippen LogP contribution in [0.5, 0.6) is 5.75 Å². The highest BCUT2D eigenvalue weighted by atomic mass is 16.5. The van der Waals surface area contributed by atoms with E-state index in [0.717, 1.165) is 0 Å². The number of primary amides is 1. The Balaban J connectivity index is 2.50. The number of amides is 3. The molecule has 0 saturated heterocycles. The highest BCUT2D eigenvalue weighted by Gasteiger charge is 2.11. The minimum absolute atomic E-state index is 0.365. The Bertz CT molecular complexity index is 500. The summed E-state index contributed by atoms with van der Waals surface area (Å²) in [6, 6.07) is 4.73. The molecule has 1 aromatic rings. The molecule has 5 N–H and O–H groups in total. The monoisotopic (exact) mass is 281 g/mol. The molecule has 0 spiro atoms. The van der Waals surface area contributed by atoms with Crippen LogP contribution in [0.3, 0.4) is 0 Å². The van der Waals surface area contributed by atoms with Crippen LogP contribution in [0.4, 0.5) is 10.5 Å². The van der Waals surface area contributed by atoms with Gasteiger partial charge in [-0.25, -0.2) is 9.59 Å². The molecule has 1 rings (SSSR count). The molecule has 1 atom stereocenters. The van der Waals surface area contributed by atoms with Gasteiger partial charge in [-0.05, 0) is 31.2 Å². The van der Waals surface area contributed by atoms with E-state index in [-0.39, 0.29) is 0 Å². The smallest absolute Gasteiger partial charge is 0.341 e. The Morgan fingerprint density at radius 3 is 2.40 bits per heavy atom. The summed E-state index contributed by atoms with van der Waals surface area (Å²) < 4.78 is 4.93. The fraction of sp³-hybridized carbons (Fsp3) is 0.250. The number of anilines is 1. The molecule has 0 radical (unpaired) electrons. The predicted molar refractivity (Wildman–Crippen MR) is 70.4 cm³/mol. The molecule has 0 fully saturated rings. The van der Waals surface area contributed by atoms with Crippen molar-refractivity contribution >= 4 is 23.6 Å². The van der Waals surface area contributed by atoms with Crippen molar-refractivity contribution in [3.05, 3.63) is 24.3 Å². The summed E-state index contributed by atoms with van der Waals surface area (Å²) in [7, 11) is 0. The van der Waals surface area contributed by atoms with Gasteiger partial charge in [-0.1, -0.05) is 0 Å². The van der Waals surface area contributed by atoms with Gasteiger partial charge in [0.05, 0.1) is 0 Å². The van der Waals surface area contributed by atoms with E-state index in [4.69, 9.17) is 15.6 Å². The van der Waals surface area contributed by atoms with Gasteiger partial charge in [-0.2, -0.15) is 0 Å². The first-order chi connectivity index (χ1) is 9.38. The largest absolute Gasteiger partial charge is 0.482 e. The molecule has 0 aromatic heterocycles. The number of carbonyl (C=O) groups excluding carboxylic acids is 2. The van der Waals surface area contributed by atoms with Crippen LogP contribution >= 0.6 is 0 Å². The fourth-order valence-corrected chi connectivity index (χ4v) is 1.21. The maximum atomic E-state index is 11.5. The van der Waals surface area contributed by atoms with E-state index in [2.05, 4.69) is 10.6 Å². The molecule has 1 unspecified atom stereocenters. The number of hydrogen-bond donors (Lipinski definition) is 4. The van der Waals surface area contributed by atoms with Crippen LogP contribution in [-0.2, 0) is 9.59 Å². The van der Waals surface area contributed by atoms with Crippen LogP contribution in [0.2, 0.25) is 0 Å². The molecule has 108 valence electrons. The molecular weight excluding hydrogens is 266 g/mol. The van der Waals surface area contributed by atoms with Crippen LogP contribution in [0.1, 0.15) is 6.92 Å². The van der Waals surface area contributed by atoms with Crippen molar-refractivity contribution in [1.82, 2.24) is 5.32 Å². The molecule has 0 aliphatic carbocycles. The Morgan fingerprint density at radius 2 is 1.90 bits per heavy atom. The number of ether oxygens (including phenoxy) is 1. The van der Waals surface area contributed by atoms with E-state index >= 15 is 0 Å². The molecule has 1 aromatic carbocycles. The highest BCUT2D eigenvalue weighted by Crippen LogP contribution is 2.15. The zero-order valence-electron chi connectivity index (χ0n) is 10.8. The van der Waals surface area contributed by atoms with Crippen LogP contribution in [0, 0.1) is 0 Å². The van der Waals surface area contributed by atoms with Crippen LogP contribution < -0.4 is 21.1 Å². The second-order valence-electron chi connectivity index (χ2n) is 3.93. The molecule has 20 heavy (non-hydrogen) atoms. The van der Waals surface area contributed by atoms with Crippen molar-refractivity contribution in [2.45, 2.75) is 13.0 Å². The van der Waals surface area contributed by atoms with E-state index in [1.54, 1.807) is 0 Å². The van der Waals surface area contributed by atoms with E-state index < -0.39 is 30.6 Å². The van der Waals surface area contributed by atoms with Gasteiger partial charge in [0.25, 0.3) is 0 Å². The Hall–Kier alpha value is -2.77. The van der Waals surface area contributed by atoms with E-state index in [0.29, 0.717) is 11.4 Å². The third kappa shape index (κ3) is 5.25. The summed E-state index contributed by atoms with van der Waals surface area (Å²) in [4.78, 5) is 32.6. The molecule has 0 heterocycles. The number of carboxylic acids is 1. The minimum Gasteiger partial charge on any atom is -0.482 e. The maximum Gasteiger partial charge on any atom is 0.341 e. The van der Waals surface area contributed by atoms with Crippen molar-refractivity contribution < 1.29 is 24.2 Å². The normalized spacial score (nSPS) is 11.2. The number of nitrogens with two attached hydrogens (primary N) is 1. The van der Waals surface area contributed by atoms with E-state index in [1.165, 1.54) is 31.2 Å². The van der Waals surface area contributed by atoms with Crippen LogP contribution in [-0.4, -0.2) is 35.7 Å². The number of carboxylic acid groups (broad SMARTS) is 1. The predicted octanol–water partition coefficient (Wildman–Crippen LogP) is 0.145. The minimum atomic E-state index is -1.08. The van der Waals surface area contributed by atoms with E-state index in [9.17, 15) is 14.4 Å². The summed E-state index contributed by atoms with van der Waals surface area (Å²) in [6.45, 7) is 1.02. The quantitative estimate of drug-likeness (QED) is 0.589. The molecule has 8 nitrogen and oxygen atoms in total. The van der Waals surface area contributed by atoms with Gasteiger partial charge in [0.2, 0.25) is 5.91 Å². The van der Waals surface area contributed by atoms with Crippen molar-refractivity contribution in [3.63, 3.8) is 0 Å². The maximum absolute atomic E-state index is 11.5. The third-order valence-electron chi connectivity index (χ3n) is 2.25. The molecule has 3 amide bonds. The average Bonchev–Trinajstić information content (AvgIpc) is 2.37. The summed E-state index contributed by atoms with van der Waals surface area (Å²) in [5, 5.41) is 13.3. The number of rotatable bonds is 6. The third-order valence-corrected chi connectivity index (χ3v) is 2.25. The van der Waals surface area contributed by atoms with Crippen LogP contribution in [0.15, 0.2) is 24.3 Å². The average molecular weight is 281 g/mol. The number of urea groups is 1. The van der Waals surface area contributed by atoms with Gasteiger partial charge in [0.15, 0.2) is 6.61 Å². The lowest BCUT2D eigenvalue weighted by atomic mass is 10.3. The Kier molecular flexibility index (Phi) is 5.33. The van der Waals surface area contributed by atoms with Crippen molar-refractivity contribution in [3.8, 4) is 5.75 Å². The molecule has 0 aliphatic heterocycles. The van der Waals surface area contributed by atoms with Crippen molar-refractivity contribution in [1.29, 1.82) is 0 Å². The van der Waals surface area contributed by atoms with E-state index in [1.807, 2.05) is 0 Å². The standard InChI is InChI=1S/C12H15N3O5/c1-7(11(13)18)14-12(19)15-8-2-4-9(5-3-8)20-6-10(16)17/h2-5,7H,6H2,1H3,(H2,13,18)(H,16,17)(H2,14,15,19). The molecule has 0 saturated carbocycles. The number of benzene rings is 1. The zero-order chi connectivity index (χ0) is 15.1. The van der Waals surface area contributed by atoms with Gasteiger partial charge >= 0.3 is 12.0 Å². The van der Waals surface area contributed by atoms with Crippen LogP contribution in [0.25, 0.3) is 0 Å². The molecular formula is C12H15N3O5. The summed E-state index contributed by atoms with van der Waals surface area (Å²) in [5.74, 6) is -1.35. The summed E-state index contributed by atoms with van der Waals surface area (Å²) in [6.07, 6.45) is 0. The lowest BCUT2D eigenvalue weighted by molar-refractivity contribution is -0.139. The summed E-state index contributed by atoms with van der Waals surface area (Å²) >= 11 is 0. The lowest BCUT2D eigenvalue weighted by Crippen LogP contribution is -2.44. The number of aliphatic carboxylic acids is 1. The second kappa shape index (κ2) is 6.98. The highest BCUT2D eigenvalue weighted by molar-refractivity contribution is 5.93. The van der Waals surface area contributed by atoms with Gasteiger partial charge in [-0.3, -0.25) is 4.79 Å². The van der Waals surface area contributed by atoms with Gasteiger partial charge in [0.1, 0.15) is 11.8 Å². The van der Waals surface area contributed by atoms with Crippen molar-refractivity contribution in [2.24, 2.45) is 5.73 Å². The topological polar surface area (TPSA) is 131 Å². The number of carbonyl (C=O) groups is 3.